The van der Waals surface area contributed by atoms with Crippen molar-refractivity contribution in [2.24, 2.45) is 0 Å². The van der Waals surface area contributed by atoms with Crippen molar-refractivity contribution in [2.75, 3.05) is 5.32 Å². The van der Waals surface area contributed by atoms with Crippen LogP contribution in [0, 0.1) is 24.4 Å². The van der Waals surface area contributed by atoms with Crippen molar-refractivity contribution in [2.45, 2.75) is 6.92 Å². The molecule has 3 rings (SSSR count). The van der Waals surface area contributed by atoms with Crippen LogP contribution in [0.3, 0.4) is 0 Å². The van der Waals surface area contributed by atoms with E-state index in [1.165, 1.54) is 37.3 Å². The zero-order valence-corrected chi connectivity index (χ0v) is 12.4. The zero-order chi connectivity index (χ0) is 17.3. The van der Waals surface area contributed by atoms with Gasteiger partial charge in [0, 0.05) is 17.3 Å². The summed E-state index contributed by atoms with van der Waals surface area (Å²) in [6, 6.07) is 8.08. The van der Waals surface area contributed by atoms with Crippen LogP contribution in [-0.2, 0) is 0 Å². The smallest absolute Gasteiger partial charge is 0.261 e. The Balaban J connectivity index is 1.97. The number of hydrogen-bond acceptors (Lipinski definition) is 3. The molecule has 7 heteroatoms. The van der Waals surface area contributed by atoms with Crippen molar-refractivity contribution in [3.05, 3.63) is 71.2 Å². The van der Waals surface area contributed by atoms with E-state index >= 15 is 0 Å². The molecule has 0 saturated heterocycles. The monoisotopic (exact) mass is 332 g/mol. The number of aryl methyl sites for hydroxylation is 1. The molecule has 0 bridgehead atoms. The fraction of sp³-hybridized carbons (Fsp3) is 0.0588. The summed E-state index contributed by atoms with van der Waals surface area (Å²) in [5.41, 5.74) is 0.277. The molecule has 0 aliphatic rings. The lowest BCUT2D eigenvalue weighted by Gasteiger charge is -2.06. The molecule has 3 aromatic rings. The molecular formula is C17H11F3N2O2. The Bertz CT molecular complexity index is 905. The summed E-state index contributed by atoms with van der Waals surface area (Å²) < 4.78 is 44.9. The van der Waals surface area contributed by atoms with E-state index in [1.54, 1.807) is 0 Å². The Morgan fingerprint density at radius 2 is 1.71 bits per heavy atom. The van der Waals surface area contributed by atoms with Crippen LogP contribution in [0.5, 0.6) is 0 Å². The maximum Gasteiger partial charge on any atom is 0.261 e. The molecule has 24 heavy (non-hydrogen) atoms. The SMILES string of the molecule is Cc1onc(-c2ccc(F)cc2F)c1C(=O)Nc1ccc(F)cc1. The predicted octanol–water partition coefficient (Wildman–Crippen LogP) is 4.32. The zero-order valence-electron chi connectivity index (χ0n) is 12.4. The Morgan fingerprint density at radius 1 is 1.04 bits per heavy atom. The molecule has 0 aliphatic carbocycles. The van der Waals surface area contributed by atoms with Gasteiger partial charge in [0.2, 0.25) is 0 Å². The largest absolute Gasteiger partial charge is 0.360 e. The number of aromatic nitrogens is 1. The van der Waals surface area contributed by atoms with E-state index in [2.05, 4.69) is 10.5 Å². The molecule has 1 amide bonds. The van der Waals surface area contributed by atoms with Crippen molar-refractivity contribution in [1.29, 1.82) is 0 Å². The maximum absolute atomic E-state index is 14.0. The Hall–Kier alpha value is -3.09. The quantitative estimate of drug-likeness (QED) is 0.777. The van der Waals surface area contributed by atoms with Crippen molar-refractivity contribution in [1.82, 2.24) is 5.16 Å². The van der Waals surface area contributed by atoms with Gasteiger partial charge >= 0.3 is 0 Å². The lowest BCUT2D eigenvalue weighted by Crippen LogP contribution is -2.13. The van der Waals surface area contributed by atoms with Gasteiger partial charge in [0.05, 0.1) is 0 Å². The minimum absolute atomic E-state index is 0.0184. The number of anilines is 1. The number of rotatable bonds is 3. The van der Waals surface area contributed by atoms with Crippen molar-refractivity contribution in [3.63, 3.8) is 0 Å². The fourth-order valence-corrected chi connectivity index (χ4v) is 2.23. The summed E-state index contributed by atoms with van der Waals surface area (Å²) in [5.74, 6) is -2.47. The van der Waals surface area contributed by atoms with Crippen LogP contribution in [0.1, 0.15) is 16.1 Å². The average molecular weight is 332 g/mol. The third-order valence-corrected chi connectivity index (χ3v) is 3.38. The van der Waals surface area contributed by atoms with Gasteiger partial charge in [-0.3, -0.25) is 4.79 Å². The number of benzene rings is 2. The maximum atomic E-state index is 14.0. The number of nitrogens with one attached hydrogen (secondary N) is 1. The van der Waals surface area contributed by atoms with Crippen molar-refractivity contribution in [3.8, 4) is 11.3 Å². The third kappa shape index (κ3) is 3.01. The highest BCUT2D eigenvalue weighted by Gasteiger charge is 2.24. The number of hydrogen-bond donors (Lipinski definition) is 1. The van der Waals surface area contributed by atoms with Crippen LogP contribution in [0.4, 0.5) is 18.9 Å². The summed E-state index contributed by atoms with van der Waals surface area (Å²) in [6.07, 6.45) is 0. The van der Waals surface area contributed by atoms with E-state index in [9.17, 15) is 18.0 Å². The molecule has 0 unspecified atom stereocenters. The summed E-state index contributed by atoms with van der Waals surface area (Å²) in [7, 11) is 0. The van der Waals surface area contributed by atoms with E-state index in [1.807, 2.05) is 0 Å². The molecule has 2 aromatic carbocycles. The molecule has 0 saturated carbocycles. The summed E-state index contributed by atoms with van der Waals surface area (Å²) in [6.45, 7) is 1.50. The van der Waals surface area contributed by atoms with Crippen LogP contribution in [0.25, 0.3) is 11.3 Å². The molecule has 1 N–H and O–H groups in total. The van der Waals surface area contributed by atoms with Gasteiger partial charge in [0.15, 0.2) is 0 Å². The normalized spacial score (nSPS) is 10.7. The lowest BCUT2D eigenvalue weighted by atomic mass is 10.0. The summed E-state index contributed by atoms with van der Waals surface area (Å²) >= 11 is 0. The van der Waals surface area contributed by atoms with Gasteiger partial charge < -0.3 is 9.84 Å². The summed E-state index contributed by atoms with van der Waals surface area (Å²) in [5, 5.41) is 6.25. The molecule has 1 aromatic heterocycles. The first-order valence-corrected chi connectivity index (χ1v) is 6.94. The molecule has 4 nitrogen and oxygen atoms in total. The highest BCUT2D eigenvalue weighted by molar-refractivity contribution is 6.08. The van der Waals surface area contributed by atoms with E-state index in [0.29, 0.717) is 11.8 Å². The number of carbonyl (C=O) groups excluding carboxylic acids is 1. The Morgan fingerprint density at radius 3 is 2.38 bits per heavy atom. The van der Waals surface area contributed by atoms with Crippen molar-refractivity contribution >= 4 is 11.6 Å². The predicted molar refractivity (Wildman–Crippen MR) is 80.9 cm³/mol. The first-order chi connectivity index (χ1) is 11.5. The molecule has 0 aliphatic heterocycles. The standard InChI is InChI=1S/C17H11F3N2O2/c1-9-15(17(23)21-12-5-2-10(18)3-6-12)16(22-24-9)13-7-4-11(19)8-14(13)20/h2-8H,1H3,(H,21,23). The number of halogens is 3. The first-order valence-electron chi connectivity index (χ1n) is 6.94. The highest BCUT2D eigenvalue weighted by Crippen LogP contribution is 2.28. The molecule has 122 valence electrons. The molecular weight excluding hydrogens is 321 g/mol. The number of amides is 1. The van der Waals surface area contributed by atoms with Gasteiger partial charge in [-0.25, -0.2) is 13.2 Å². The van der Waals surface area contributed by atoms with Gasteiger partial charge in [0.25, 0.3) is 5.91 Å². The molecule has 0 radical (unpaired) electrons. The molecule has 0 spiro atoms. The lowest BCUT2D eigenvalue weighted by molar-refractivity contribution is 0.102. The molecule has 1 heterocycles. The van der Waals surface area contributed by atoms with E-state index in [4.69, 9.17) is 4.52 Å². The highest BCUT2D eigenvalue weighted by atomic mass is 19.1. The summed E-state index contributed by atoms with van der Waals surface area (Å²) in [4.78, 5) is 12.5. The van der Waals surface area contributed by atoms with Gasteiger partial charge in [-0.2, -0.15) is 0 Å². The van der Waals surface area contributed by atoms with Crippen molar-refractivity contribution < 1.29 is 22.5 Å². The van der Waals surface area contributed by atoms with Crippen LogP contribution in [-0.4, -0.2) is 11.1 Å². The Kier molecular flexibility index (Phi) is 4.07. The van der Waals surface area contributed by atoms with E-state index in [0.717, 1.165) is 6.07 Å². The second kappa shape index (κ2) is 6.19. The molecule has 0 fully saturated rings. The average Bonchev–Trinajstić information content (AvgIpc) is 2.91. The van der Waals surface area contributed by atoms with E-state index < -0.39 is 23.4 Å². The first kappa shape index (κ1) is 15.8. The second-order valence-electron chi connectivity index (χ2n) is 5.05. The minimum atomic E-state index is -0.862. The molecule has 0 atom stereocenters. The third-order valence-electron chi connectivity index (χ3n) is 3.38. The fourth-order valence-electron chi connectivity index (χ4n) is 2.23. The van der Waals surface area contributed by atoms with Gasteiger partial charge in [-0.15, -0.1) is 0 Å². The number of carbonyl (C=O) groups is 1. The second-order valence-corrected chi connectivity index (χ2v) is 5.05. The van der Waals surface area contributed by atoms with Gasteiger partial charge in [0.1, 0.15) is 34.5 Å². The number of nitrogens with zero attached hydrogens (tertiary/aromatic N) is 1. The van der Waals surface area contributed by atoms with E-state index in [-0.39, 0.29) is 22.6 Å². The van der Waals surface area contributed by atoms with Gasteiger partial charge in [-0.05, 0) is 43.3 Å². The topological polar surface area (TPSA) is 55.1 Å². The van der Waals surface area contributed by atoms with Crippen LogP contribution < -0.4 is 5.32 Å². The Labute approximate surface area is 134 Å². The van der Waals surface area contributed by atoms with Crippen LogP contribution in [0.2, 0.25) is 0 Å². The minimum Gasteiger partial charge on any atom is -0.360 e. The van der Waals surface area contributed by atoms with Crippen LogP contribution >= 0.6 is 0 Å². The van der Waals surface area contributed by atoms with Crippen LogP contribution in [0.15, 0.2) is 47.0 Å². The van der Waals surface area contributed by atoms with Gasteiger partial charge in [-0.1, -0.05) is 5.16 Å².